The Labute approximate surface area is 125 Å². The normalized spacial score (nSPS) is 16.5. The number of aryl methyl sites for hydroxylation is 1. The highest BCUT2D eigenvalue weighted by atomic mass is 127. The van der Waals surface area contributed by atoms with E-state index < -0.39 is 0 Å². The van der Waals surface area contributed by atoms with Gasteiger partial charge in [0.15, 0.2) is 5.96 Å². The number of nitrogens with two attached hydrogens (primary N) is 1. The fourth-order valence-electron chi connectivity index (χ4n) is 2.15. The van der Waals surface area contributed by atoms with Crippen LogP contribution >= 0.6 is 24.0 Å². The van der Waals surface area contributed by atoms with E-state index in [9.17, 15) is 0 Å². The Morgan fingerprint density at radius 2 is 2.11 bits per heavy atom. The second-order valence-electron chi connectivity index (χ2n) is 4.48. The molecule has 1 aromatic heterocycles. The highest BCUT2D eigenvalue weighted by Crippen LogP contribution is 2.08. The Bertz CT molecular complexity index is 382. The van der Waals surface area contributed by atoms with Crippen molar-refractivity contribution in [3.8, 4) is 0 Å². The molecule has 0 bridgehead atoms. The third kappa shape index (κ3) is 4.15. The summed E-state index contributed by atoms with van der Waals surface area (Å²) >= 11 is 0. The van der Waals surface area contributed by atoms with Crippen molar-refractivity contribution in [3.05, 3.63) is 18.0 Å². The second-order valence-corrected chi connectivity index (χ2v) is 4.48. The molecule has 2 rings (SSSR count). The molecule has 2 heterocycles. The Hall–Kier alpha value is -0.790. The summed E-state index contributed by atoms with van der Waals surface area (Å²) in [6.07, 6.45) is 6.49. The van der Waals surface area contributed by atoms with Gasteiger partial charge in [-0.3, -0.25) is 9.67 Å². The number of piperidine rings is 1. The SMILES string of the molecule is Cn1nccc1CCN=C(N)N1CCCCC1.I. The van der Waals surface area contributed by atoms with Gasteiger partial charge in [0.25, 0.3) is 0 Å². The van der Waals surface area contributed by atoms with Crippen molar-refractivity contribution in [2.45, 2.75) is 25.7 Å². The number of hydrogen-bond donors (Lipinski definition) is 1. The van der Waals surface area contributed by atoms with E-state index in [0.717, 1.165) is 26.1 Å². The number of likely N-dealkylation sites (tertiary alicyclic amines) is 1. The minimum Gasteiger partial charge on any atom is -0.370 e. The van der Waals surface area contributed by atoms with Gasteiger partial charge in [0, 0.05) is 45.0 Å². The lowest BCUT2D eigenvalue weighted by Gasteiger charge is -2.27. The summed E-state index contributed by atoms with van der Waals surface area (Å²) in [5.74, 6) is 0.701. The van der Waals surface area contributed by atoms with Crippen molar-refractivity contribution >= 4 is 29.9 Å². The molecule has 5 nitrogen and oxygen atoms in total. The zero-order valence-corrected chi connectivity index (χ0v) is 13.2. The fourth-order valence-corrected chi connectivity index (χ4v) is 2.15. The van der Waals surface area contributed by atoms with Crippen LogP contribution < -0.4 is 5.73 Å². The maximum absolute atomic E-state index is 5.98. The molecule has 6 heteroatoms. The molecule has 1 aliphatic heterocycles. The summed E-state index contributed by atoms with van der Waals surface area (Å²) in [5, 5.41) is 4.13. The molecule has 0 radical (unpaired) electrons. The molecule has 0 unspecified atom stereocenters. The zero-order chi connectivity index (χ0) is 12.1. The summed E-state index contributed by atoms with van der Waals surface area (Å²) in [6, 6.07) is 2.02. The molecule has 102 valence electrons. The topological polar surface area (TPSA) is 59.4 Å². The molecular weight excluding hydrogens is 341 g/mol. The summed E-state index contributed by atoms with van der Waals surface area (Å²) < 4.78 is 1.88. The Morgan fingerprint density at radius 3 is 2.72 bits per heavy atom. The van der Waals surface area contributed by atoms with E-state index in [0.29, 0.717) is 5.96 Å². The van der Waals surface area contributed by atoms with Gasteiger partial charge < -0.3 is 10.6 Å². The first-order valence-corrected chi connectivity index (χ1v) is 6.29. The molecule has 1 fully saturated rings. The molecule has 0 amide bonds. The molecule has 0 atom stereocenters. The maximum Gasteiger partial charge on any atom is 0.191 e. The van der Waals surface area contributed by atoms with E-state index >= 15 is 0 Å². The van der Waals surface area contributed by atoms with Crippen molar-refractivity contribution < 1.29 is 0 Å². The number of nitrogens with zero attached hydrogens (tertiary/aromatic N) is 4. The van der Waals surface area contributed by atoms with Gasteiger partial charge in [0.05, 0.1) is 0 Å². The minimum absolute atomic E-state index is 0. The molecule has 1 aliphatic rings. The van der Waals surface area contributed by atoms with E-state index in [4.69, 9.17) is 5.73 Å². The molecule has 1 aromatic rings. The molecule has 18 heavy (non-hydrogen) atoms. The van der Waals surface area contributed by atoms with E-state index in [-0.39, 0.29) is 24.0 Å². The van der Waals surface area contributed by atoms with Crippen molar-refractivity contribution in [3.63, 3.8) is 0 Å². The van der Waals surface area contributed by atoms with Crippen LogP contribution in [0, 0.1) is 0 Å². The molecular formula is C12H22IN5. The lowest BCUT2D eigenvalue weighted by Crippen LogP contribution is -2.41. The Balaban J connectivity index is 0.00000162. The number of hydrogen-bond acceptors (Lipinski definition) is 2. The first-order valence-electron chi connectivity index (χ1n) is 6.29. The van der Waals surface area contributed by atoms with Crippen LogP contribution in [-0.2, 0) is 13.5 Å². The Morgan fingerprint density at radius 1 is 1.39 bits per heavy atom. The van der Waals surface area contributed by atoms with Gasteiger partial charge in [-0.2, -0.15) is 5.10 Å². The average molecular weight is 363 g/mol. The number of rotatable bonds is 3. The van der Waals surface area contributed by atoms with Gasteiger partial charge in [0.2, 0.25) is 0 Å². The number of halogens is 1. The zero-order valence-electron chi connectivity index (χ0n) is 10.9. The van der Waals surface area contributed by atoms with Crippen molar-refractivity contribution in [1.82, 2.24) is 14.7 Å². The Kier molecular flexibility index (Phi) is 6.45. The fraction of sp³-hybridized carbons (Fsp3) is 0.667. The third-order valence-electron chi connectivity index (χ3n) is 3.24. The first-order chi connectivity index (χ1) is 8.27. The molecule has 2 N–H and O–H groups in total. The predicted octanol–water partition coefficient (Wildman–Crippen LogP) is 1.38. The lowest BCUT2D eigenvalue weighted by atomic mass is 10.1. The van der Waals surface area contributed by atoms with Crippen LogP contribution in [0.15, 0.2) is 17.3 Å². The number of aromatic nitrogens is 2. The van der Waals surface area contributed by atoms with Crippen LogP contribution in [0.5, 0.6) is 0 Å². The van der Waals surface area contributed by atoms with E-state index in [2.05, 4.69) is 15.0 Å². The minimum atomic E-state index is 0. The van der Waals surface area contributed by atoms with Crippen LogP contribution in [0.3, 0.4) is 0 Å². The average Bonchev–Trinajstić information content (AvgIpc) is 2.76. The molecule has 0 aromatic carbocycles. The number of guanidine groups is 1. The highest BCUT2D eigenvalue weighted by molar-refractivity contribution is 14.0. The standard InChI is InChI=1S/C12H21N5.HI/c1-16-11(6-8-15-16)5-7-14-12(13)17-9-3-2-4-10-17;/h6,8H,2-5,7,9-10H2,1H3,(H2,13,14);1H. The molecule has 1 saturated heterocycles. The van der Waals surface area contributed by atoms with Crippen LogP contribution in [0.4, 0.5) is 0 Å². The van der Waals surface area contributed by atoms with Crippen molar-refractivity contribution in [1.29, 1.82) is 0 Å². The second kappa shape index (κ2) is 7.60. The smallest absolute Gasteiger partial charge is 0.191 e. The predicted molar refractivity (Wildman–Crippen MR) is 84.2 cm³/mol. The summed E-state index contributed by atoms with van der Waals surface area (Å²) in [5.41, 5.74) is 7.17. The van der Waals surface area contributed by atoms with Crippen LogP contribution in [0.2, 0.25) is 0 Å². The number of aliphatic imine (C=N–C) groups is 1. The van der Waals surface area contributed by atoms with Gasteiger partial charge in [-0.1, -0.05) is 0 Å². The van der Waals surface area contributed by atoms with Gasteiger partial charge in [-0.25, -0.2) is 0 Å². The van der Waals surface area contributed by atoms with Crippen molar-refractivity contribution in [2.24, 2.45) is 17.8 Å². The molecule has 0 spiro atoms. The molecule has 0 saturated carbocycles. The van der Waals surface area contributed by atoms with Gasteiger partial charge in [-0.05, 0) is 25.3 Å². The van der Waals surface area contributed by atoms with Crippen molar-refractivity contribution in [2.75, 3.05) is 19.6 Å². The van der Waals surface area contributed by atoms with E-state index in [1.165, 1.54) is 25.0 Å². The largest absolute Gasteiger partial charge is 0.370 e. The van der Waals surface area contributed by atoms with Crippen LogP contribution in [-0.4, -0.2) is 40.3 Å². The monoisotopic (exact) mass is 363 g/mol. The van der Waals surface area contributed by atoms with Gasteiger partial charge in [0.1, 0.15) is 0 Å². The van der Waals surface area contributed by atoms with E-state index in [1.807, 2.05) is 24.0 Å². The lowest BCUT2D eigenvalue weighted by molar-refractivity contribution is 0.338. The van der Waals surface area contributed by atoms with Gasteiger partial charge >= 0.3 is 0 Å². The van der Waals surface area contributed by atoms with Crippen LogP contribution in [0.1, 0.15) is 25.0 Å². The van der Waals surface area contributed by atoms with E-state index in [1.54, 1.807) is 0 Å². The first kappa shape index (κ1) is 15.3. The maximum atomic E-state index is 5.98. The quantitative estimate of drug-likeness (QED) is 0.502. The molecule has 0 aliphatic carbocycles. The van der Waals surface area contributed by atoms with Crippen LogP contribution in [0.25, 0.3) is 0 Å². The third-order valence-corrected chi connectivity index (χ3v) is 3.24. The highest BCUT2D eigenvalue weighted by Gasteiger charge is 2.11. The summed E-state index contributed by atoms with van der Waals surface area (Å²) in [4.78, 5) is 6.63. The van der Waals surface area contributed by atoms with Gasteiger partial charge in [-0.15, -0.1) is 24.0 Å². The summed E-state index contributed by atoms with van der Waals surface area (Å²) in [7, 11) is 1.95. The summed E-state index contributed by atoms with van der Waals surface area (Å²) in [6.45, 7) is 2.85.